The van der Waals surface area contributed by atoms with E-state index in [1.54, 1.807) is 25.1 Å². The van der Waals surface area contributed by atoms with Gasteiger partial charge in [-0.2, -0.15) is 0 Å². The van der Waals surface area contributed by atoms with E-state index >= 15 is 0 Å². The summed E-state index contributed by atoms with van der Waals surface area (Å²) in [5, 5.41) is 0. The molecule has 0 fully saturated rings. The summed E-state index contributed by atoms with van der Waals surface area (Å²) in [7, 11) is 0. The van der Waals surface area contributed by atoms with Crippen LogP contribution < -0.4 is 10.5 Å². The van der Waals surface area contributed by atoms with Gasteiger partial charge in [0.2, 0.25) is 0 Å². The van der Waals surface area contributed by atoms with E-state index in [2.05, 4.69) is 0 Å². The minimum absolute atomic E-state index is 0.0456. The topological polar surface area (TPSA) is 35.2 Å². The highest BCUT2D eigenvalue weighted by Gasteiger charge is 2.06. The summed E-state index contributed by atoms with van der Waals surface area (Å²) in [6.45, 7) is 2.19. The van der Waals surface area contributed by atoms with Crippen molar-refractivity contribution in [3.05, 3.63) is 64.7 Å². The van der Waals surface area contributed by atoms with Crippen LogP contribution in [0.15, 0.2) is 36.4 Å². The standard InChI is InChI=1S/C15H15F2NO/c1-10-2-4-13(16)7-15(10)19-9-12-6-11(8-18)3-5-14(12)17/h2-7H,8-9,18H2,1H3. The molecule has 2 N–H and O–H groups in total. The molecule has 0 bridgehead atoms. The van der Waals surface area contributed by atoms with Crippen LogP contribution in [-0.4, -0.2) is 0 Å². The number of ether oxygens (including phenoxy) is 1. The summed E-state index contributed by atoms with van der Waals surface area (Å²) in [6, 6.07) is 8.92. The van der Waals surface area contributed by atoms with Gasteiger partial charge in [-0.25, -0.2) is 8.78 Å². The second-order valence-electron chi connectivity index (χ2n) is 4.33. The number of benzene rings is 2. The predicted molar refractivity (Wildman–Crippen MR) is 69.8 cm³/mol. The zero-order valence-electron chi connectivity index (χ0n) is 10.6. The molecule has 2 aromatic rings. The minimum Gasteiger partial charge on any atom is -0.488 e. The van der Waals surface area contributed by atoms with Crippen LogP contribution in [0.5, 0.6) is 5.75 Å². The van der Waals surface area contributed by atoms with Crippen LogP contribution >= 0.6 is 0 Å². The normalized spacial score (nSPS) is 10.5. The number of aryl methyl sites for hydroxylation is 1. The summed E-state index contributed by atoms with van der Waals surface area (Å²) in [5.41, 5.74) is 7.55. The molecule has 0 atom stereocenters. The highest BCUT2D eigenvalue weighted by Crippen LogP contribution is 2.21. The Balaban J connectivity index is 2.16. The van der Waals surface area contributed by atoms with Crippen LogP contribution in [0.4, 0.5) is 8.78 Å². The second kappa shape index (κ2) is 5.80. The zero-order chi connectivity index (χ0) is 13.8. The molecule has 100 valence electrons. The van der Waals surface area contributed by atoms with Crippen LogP contribution in [-0.2, 0) is 13.2 Å². The maximum absolute atomic E-state index is 13.6. The lowest BCUT2D eigenvalue weighted by atomic mass is 10.1. The summed E-state index contributed by atoms with van der Waals surface area (Å²) >= 11 is 0. The Kier molecular flexibility index (Phi) is 4.12. The lowest BCUT2D eigenvalue weighted by molar-refractivity contribution is 0.296. The van der Waals surface area contributed by atoms with Gasteiger partial charge in [-0.15, -0.1) is 0 Å². The molecule has 0 saturated heterocycles. The summed E-state index contributed by atoms with van der Waals surface area (Å²) in [6.07, 6.45) is 0. The van der Waals surface area contributed by atoms with Crippen molar-refractivity contribution in [1.29, 1.82) is 0 Å². The number of halogens is 2. The first-order chi connectivity index (χ1) is 9.10. The summed E-state index contributed by atoms with van der Waals surface area (Å²) in [4.78, 5) is 0. The average molecular weight is 263 g/mol. The van der Waals surface area contributed by atoms with Crippen molar-refractivity contribution in [3.8, 4) is 5.75 Å². The van der Waals surface area contributed by atoms with Gasteiger partial charge in [0.25, 0.3) is 0 Å². The van der Waals surface area contributed by atoms with E-state index in [4.69, 9.17) is 10.5 Å². The van der Waals surface area contributed by atoms with Gasteiger partial charge in [-0.05, 0) is 36.2 Å². The lowest BCUT2D eigenvalue weighted by Gasteiger charge is -2.10. The van der Waals surface area contributed by atoms with Gasteiger partial charge in [-0.3, -0.25) is 0 Å². The molecule has 0 spiro atoms. The molecule has 0 saturated carbocycles. The van der Waals surface area contributed by atoms with Crippen molar-refractivity contribution in [1.82, 2.24) is 0 Å². The highest BCUT2D eigenvalue weighted by atomic mass is 19.1. The Bertz CT molecular complexity index is 584. The van der Waals surface area contributed by atoms with Gasteiger partial charge in [0.15, 0.2) is 0 Å². The Morgan fingerprint density at radius 1 is 1.11 bits per heavy atom. The predicted octanol–water partition coefficient (Wildman–Crippen LogP) is 3.31. The highest BCUT2D eigenvalue weighted by molar-refractivity contribution is 5.33. The first-order valence-electron chi connectivity index (χ1n) is 5.96. The average Bonchev–Trinajstić information content (AvgIpc) is 2.41. The Morgan fingerprint density at radius 2 is 1.89 bits per heavy atom. The smallest absolute Gasteiger partial charge is 0.129 e. The lowest BCUT2D eigenvalue weighted by Crippen LogP contribution is -2.03. The molecule has 4 heteroatoms. The molecular formula is C15H15F2NO. The van der Waals surface area contributed by atoms with E-state index < -0.39 is 0 Å². The van der Waals surface area contributed by atoms with Crippen molar-refractivity contribution >= 4 is 0 Å². The molecule has 2 nitrogen and oxygen atoms in total. The third kappa shape index (κ3) is 3.29. The summed E-state index contributed by atoms with van der Waals surface area (Å²) in [5.74, 6) is -0.319. The molecule has 2 aromatic carbocycles. The second-order valence-corrected chi connectivity index (χ2v) is 4.33. The molecule has 19 heavy (non-hydrogen) atoms. The molecule has 0 aliphatic carbocycles. The fourth-order valence-electron chi connectivity index (χ4n) is 1.75. The molecule has 2 rings (SSSR count). The third-order valence-electron chi connectivity index (χ3n) is 2.88. The van der Waals surface area contributed by atoms with E-state index in [1.165, 1.54) is 18.2 Å². The van der Waals surface area contributed by atoms with Crippen LogP contribution in [0.1, 0.15) is 16.7 Å². The van der Waals surface area contributed by atoms with E-state index in [0.29, 0.717) is 17.9 Å². The minimum atomic E-state index is -0.378. The van der Waals surface area contributed by atoms with E-state index in [0.717, 1.165) is 11.1 Å². The largest absolute Gasteiger partial charge is 0.488 e. The molecule has 0 unspecified atom stereocenters. The first kappa shape index (κ1) is 13.5. The zero-order valence-corrected chi connectivity index (χ0v) is 10.6. The Hall–Kier alpha value is -1.94. The van der Waals surface area contributed by atoms with Crippen LogP contribution in [0.3, 0.4) is 0 Å². The Labute approximate surface area is 110 Å². The Morgan fingerprint density at radius 3 is 2.63 bits per heavy atom. The molecule has 0 aromatic heterocycles. The molecule has 0 amide bonds. The van der Waals surface area contributed by atoms with E-state index in [9.17, 15) is 8.78 Å². The van der Waals surface area contributed by atoms with Gasteiger partial charge >= 0.3 is 0 Å². The third-order valence-corrected chi connectivity index (χ3v) is 2.88. The molecule has 0 heterocycles. The fraction of sp³-hybridized carbons (Fsp3) is 0.200. The van der Waals surface area contributed by atoms with Crippen LogP contribution in [0.25, 0.3) is 0 Å². The van der Waals surface area contributed by atoms with Gasteiger partial charge in [-0.1, -0.05) is 12.1 Å². The van der Waals surface area contributed by atoms with E-state index in [1.807, 2.05) is 0 Å². The molecule has 0 aliphatic rings. The number of nitrogens with two attached hydrogens (primary N) is 1. The van der Waals surface area contributed by atoms with Crippen molar-refractivity contribution in [2.75, 3.05) is 0 Å². The molecular weight excluding hydrogens is 248 g/mol. The molecule has 0 radical (unpaired) electrons. The fourth-order valence-corrected chi connectivity index (χ4v) is 1.75. The van der Waals surface area contributed by atoms with Crippen molar-refractivity contribution < 1.29 is 13.5 Å². The first-order valence-corrected chi connectivity index (χ1v) is 5.96. The van der Waals surface area contributed by atoms with Crippen LogP contribution in [0.2, 0.25) is 0 Å². The van der Waals surface area contributed by atoms with Gasteiger partial charge in [0.1, 0.15) is 24.0 Å². The van der Waals surface area contributed by atoms with Gasteiger partial charge in [0, 0.05) is 18.2 Å². The quantitative estimate of drug-likeness (QED) is 0.918. The van der Waals surface area contributed by atoms with Crippen LogP contribution in [0, 0.1) is 18.6 Å². The van der Waals surface area contributed by atoms with Gasteiger partial charge < -0.3 is 10.5 Å². The van der Waals surface area contributed by atoms with Crippen molar-refractivity contribution in [2.45, 2.75) is 20.1 Å². The SMILES string of the molecule is Cc1ccc(F)cc1OCc1cc(CN)ccc1F. The number of rotatable bonds is 4. The van der Waals surface area contributed by atoms with Crippen molar-refractivity contribution in [3.63, 3.8) is 0 Å². The summed E-state index contributed by atoms with van der Waals surface area (Å²) < 4.78 is 32.2. The maximum Gasteiger partial charge on any atom is 0.129 e. The maximum atomic E-state index is 13.6. The van der Waals surface area contributed by atoms with Gasteiger partial charge in [0.05, 0.1) is 0 Å². The van der Waals surface area contributed by atoms with Crippen molar-refractivity contribution in [2.24, 2.45) is 5.73 Å². The monoisotopic (exact) mass is 263 g/mol. The number of hydrogen-bond acceptors (Lipinski definition) is 2. The molecule has 0 aliphatic heterocycles. The number of hydrogen-bond donors (Lipinski definition) is 1. The van der Waals surface area contributed by atoms with E-state index in [-0.39, 0.29) is 18.2 Å².